The third-order valence-electron chi connectivity index (χ3n) is 3.01. The zero-order valence-corrected chi connectivity index (χ0v) is 11.3. The number of aryl methyl sites for hydroxylation is 1. The number of allylic oxidation sites excluding steroid dienone is 2. The smallest absolute Gasteiger partial charge is 0.319 e. The van der Waals surface area contributed by atoms with E-state index >= 15 is 0 Å². The Balaban J connectivity index is 2.60. The van der Waals surface area contributed by atoms with Crippen molar-refractivity contribution in [2.75, 3.05) is 0 Å². The molecule has 19 heavy (non-hydrogen) atoms. The van der Waals surface area contributed by atoms with Gasteiger partial charge in [-0.2, -0.15) is 0 Å². The maximum Gasteiger partial charge on any atom is 0.441 e. The van der Waals surface area contributed by atoms with Gasteiger partial charge < -0.3 is 5.73 Å². The lowest BCUT2D eigenvalue weighted by Gasteiger charge is -2.19. The van der Waals surface area contributed by atoms with Gasteiger partial charge in [0.25, 0.3) is 0 Å². The number of nitrogens with two attached hydrogens (primary N) is 1. The monoisotopic (exact) mass is 271 g/mol. The lowest BCUT2D eigenvalue weighted by Crippen LogP contribution is -2.43. The molecule has 0 saturated heterocycles. The lowest BCUT2D eigenvalue weighted by atomic mass is 9.93. The highest BCUT2D eigenvalue weighted by Crippen LogP contribution is 2.13. The van der Waals surface area contributed by atoms with E-state index in [1.54, 1.807) is 13.8 Å². The number of carbonyl (C=O) groups is 1. The fraction of sp³-hybridized carbons (Fsp3) is 0.583. The Kier molecular flexibility index (Phi) is 4.77. The molecule has 0 aliphatic rings. The van der Waals surface area contributed by atoms with Crippen LogP contribution >= 0.6 is 0 Å². The van der Waals surface area contributed by atoms with Gasteiger partial charge in [-0.25, -0.2) is 9.18 Å². The molecule has 0 aromatic carbocycles. The molecule has 0 spiro atoms. The van der Waals surface area contributed by atoms with Crippen LogP contribution in [-0.2, 0) is 11.3 Å². The second-order valence-electron chi connectivity index (χ2n) is 4.75. The Bertz CT molecular complexity index is 543. The van der Waals surface area contributed by atoms with Gasteiger partial charge in [-0.1, -0.05) is 11.2 Å². The molecule has 0 aliphatic carbocycles. The Morgan fingerprint density at radius 2 is 2.26 bits per heavy atom. The molecule has 1 heterocycles. The lowest BCUT2D eigenvalue weighted by molar-refractivity contribution is -0.121. The molecule has 1 aromatic heterocycles. The van der Waals surface area contributed by atoms with E-state index in [0.717, 1.165) is 4.57 Å². The molecule has 2 N–H and O–H groups in total. The number of nitrogens with zero attached hydrogens (tertiary/aromatic N) is 2. The fourth-order valence-corrected chi connectivity index (χ4v) is 1.43. The number of hydrogen-bond donors (Lipinski definition) is 1. The maximum absolute atomic E-state index is 13.6. The zero-order chi connectivity index (χ0) is 14.6. The third-order valence-corrected chi connectivity index (χ3v) is 3.01. The zero-order valence-electron chi connectivity index (χ0n) is 11.3. The minimum absolute atomic E-state index is 0.146. The first-order valence-electron chi connectivity index (χ1n) is 5.91. The van der Waals surface area contributed by atoms with Crippen LogP contribution in [0.25, 0.3) is 0 Å². The first kappa shape index (κ1) is 15.3. The molecule has 0 fully saturated rings. The molecule has 0 saturated carbocycles. The summed E-state index contributed by atoms with van der Waals surface area (Å²) >= 11 is 0. The predicted molar refractivity (Wildman–Crippen MR) is 67.2 cm³/mol. The predicted octanol–water partition coefficient (Wildman–Crippen LogP) is 1.08. The van der Waals surface area contributed by atoms with Crippen molar-refractivity contribution >= 4 is 5.78 Å². The Morgan fingerprint density at radius 1 is 1.63 bits per heavy atom. The van der Waals surface area contributed by atoms with Gasteiger partial charge in [0.1, 0.15) is 11.6 Å². The van der Waals surface area contributed by atoms with E-state index in [2.05, 4.69) is 9.68 Å². The second kappa shape index (κ2) is 5.92. The summed E-state index contributed by atoms with van der Waals surface area (Å²) in [6.45, 7) is 4.33. The molecule has 6 nitrogen and oxygen atoms in total. The molecule has 1 atom stereocenters. The number of hydrogen-bond acceptors (Lipinski definition) is 5. The van der Waals surface area contributed by atoms with E-state index in [-0.39, 0.29) is 12.3 Å². The Labute approximate surface area is 110 Å². The molecule has 1 aromatic rings. The molecule has 0 radical (unpaired) electrons. The van der Waals surface area contributed by atoms with Crippen molar-refractivity contribution in [3.05, 3.63) is 28.3 Å². The maximum atomic E-state index is 13.6. The summed E-state index contributed by atoms with van der Waals surface area (Å²) in [4.78, 5) is 22.4. The number of ketones is 1. The van der Waals surface area contributed by atoms with Gasteiger partial charge >= 0.3 is 5.76 Å². The van der Waals surface area contributed by atoms with Gasteiger partial charge in [0.2, 0.25) is 0 Å². The third kappa shape index (κ3) is 4.13. The van der Waals surface area contributed by atoms with E-state index in [9.17, 15) is 14.0 Å². The first-order chi connectivity index (χ1) is 8.74. The molecule has 106 valence electrons. The van der Waals surface area contributed by atoms with Gasteiger partial charge in [-0.15, -0.1) is 0 Å². The molecular formula is C12H18FN3O3. The van der Waals surface area contributed by atoms with Crippen LogP contribution in [0, 0.1) is 6.92 Å². The average Bonchev–Trinajstić information content (AvgIpc) is 2.60. The summed E-state index contributed by atoms with van der Waals surface area (Å²) in [6.07, 6.45) is 1.97. The van der Waals surface area contributed by atoms with Crippen molar-refractivity contribution in [2.45, 2.75) is 45.7 Å². The summed E-state index contributed by atoms with van der Waals surface area (Å²) in [5, 5.41) is 3.43. The van der Waals surface area contributed by atoms with Crippen LogP contribution < -0.4 is 11.5 Å². The van der Waals surface area contributed by atoms with Gasteiger partial charge in [0, 0.05) is 0 Å². The number of Topliss-reactive ketones (excluding diaryl/α,β-unsaturated/α-hetero) is 1. The minimum atomic E-state index is -0.958. The van der Waals surface area contributed by atoms with Crippen LogP contribution in [0.2, 0.25) is 0 Å². The molecule has 7 heteroatoms. The van der Waals surface area contributed by atoms with E-state index < -0.39 is 17.1 Å². The molecule has 0 aliphatic heterocycles. The highest BCUT2D eigenvalue weighted by Gasteiger charge is 2.23. The Morgan fingerprint density at radius 3 is 2.74 bits per heavy atom. The molecule has 0 bridgehead atoms. The number of halogens is 1. The van der Waals surface area contributed by atoms with E-state index in [1.807, 2.05) is 0 Å². The summed E-state index contributed by atoms with van der Waals surface area (Å²) < 4.78 is 19.1. The number of aromatic nitrogens is 2. The normalized spacial score (nSPS) is 15.3. The van der Waals surface area contributed by atoms with Crippen LogP contribution in [0.4, 0.5) is 4.39 Å². The highest BCUT2D eigenvalue weighted by molar-refractivity contribution is 5.85. The van der Waals surface area contributed by atoms with Crippen molar-refractivity contribution in [1.82, 2.24) is 9.72 Å². The van der Waals surface area contributed by atoms with Crippen LogP contribution in [-0.4, -0.2) is 21.0 Å². The van der Waals surface area contributed by atoms with E-state index in [1.165, 1.54) is 13.0 Å². The molecule has 0 amide bonds. The largest absolute Gasteiger partial charge is 0.441 e. The van der Waals surface area contributed by atoms with Crippen LogP contribution in [0.15, 0.2) is 21.2 Å². The summed E-state index contributed by atoms with van der Waals surface area (Å²) in [5.41, 5.74) is 4.79. The van der Waals surface area contributed by atoms with E-state index in [4.69, 9.17) is 5.73 Å². The van der Waals surface area contributed by atoms with Crippen molar-refractivity contribution in [2.24, 2.45) is 5.73 Å². The van der Waals surface area contributed by atoms with Crippen LogP contribution in [0.1, 0.15) is 32.5 Å². The van der Waals surface area contributed by atoms with Crippen molar-refractivity contribution < 1.29 is 13.7 Å². The highest BCUT2D eigenvalue weighted by atomic mass is 19.1. The quantitative estimate of drug-likeness (QED) is 0.836. The Hall–Kier alpha value is -1.76. The number of rotatable bonds is 6. The van der Waals surface area contributed by atoms with Gasteiger partial charge in [0.15, 0.2) is 5.82 Å². The second-order valence-corrected chi connectivity index (χ2v) is 4.75. The summed E-state index contributed by atoms with van der Waals surface area (Å²) in [7, 11) is 0. The topological polar surface area (TPSA) is 91.1 Å². The van der Waals surface area contributed by atoms with Crippen molar-refractivity contribution in [3.63, 3.8) is 0 Å². The average molecular weight is 271 g/mol. The molecular weight excluding hydrogens is 253 g/mol. The summed E-state index contributed by atoms with van der Waals surface area (Å²) in [5.74, 6) is -1.03. The number of carbonyl (C=O) groups excluding carboxylic acids is 1. The summed E-state index contributed by atoms with van der Waals surface area (Å²) in [6, 6.07) is 0. The van der Waals surface area contributed by atoms with E-state index in [0.29, 0.717) is 18.7 Å². The van der Waals surface area contributed by atoms with Gasteiger partial charge in [0.05, 0.1) is 12.1 Å². The standard InChI is InChI=1S/C12H18FN3O3/c1-8(17)12(3,14)6-4-5-10(13)7-16-9(2)15-19-11(16)18/h5H,4,6-7,14H2,1-3H3/b10-5+. The van der Waals surface area contributed by atoms with Crippen LogP contribution in [0.5, 0.6) is 0 Å². The first-order valence-corrected chi connectivity index (χ1v) is 5.91. The van der Waals surface area contributed by atoms with Crippen molar-refractivity contribution in [3.8, 4) is 0 Å². The van der Waals surface area contributed by atoms with Gasteiger partial charge in [-0.05, 0) is 33.6 Å². The van der Waals surface area contributed by atoms with Gasteiger partial charge in [-0.3, -0.25) is 13.9 Å². The fourth-order valence-electron chi connectivity index (χ4n) is 1.43. The molecule has 1 unspecified atom stereocenters. The molecule has 1 rings (SSSR count). The van der Waals surface area contributed by atoms with Crippen LogP contribution in [0.3, 0.4) is 0 Å². The SMILES string of the molecule is CC(=O)C(C)(N)CC/C=C(/F)Cn1c(C)noc1=O. The van der Waals surface area contributed by atoms with Crippen molar-refractivity contribution in [1.29, 1.82) is 0 Å². The minimum Gasteiger partial charge on any atom is -0.319 e.